The monoisotopic (exact) mass is 264 g/mol. The second-order valence-corrected chi connectivity index (χ2v) is 4.40. The Morgan fingerprint density at radius 2 is 2.10 bits per heavy atom. The van der Waals surface area contributed by atoms with E-state index in [1.165, 1.54) is 0 Å². The number of aryl methyl sites for hydroxylation is 1. The Kier molecular flexibility index (Phi) is 3.05. The lowest BCUT2D eigenvalue weighted by atomic mass is 10.2. The molecule has 20 heavy (non-hydrogen) atoms. The molecule has 1 aromatic carbocycles. The van der Waals surface area contributed by atoms with Gasteiger partial charge in [-0.2, -0.15) is 5.26 Å². The van der Waals surface area contributed by atoms with Crippen molar-refractivity contribution in [3.8, 4) is 11.9 Å². The quantitative estimate of drug-likeness (QED) is 0.729. The number of hydrogen-bond acceptors (Lipinski definition) is 4. The smallest absolute Gasteiger partial charge is 0.235 e. The molecule has 0 N–H and O–H groups in total. The summed E-state index contributed by atoms with van der Waals surface area (Å²) < 4.78 is 7.27. The number of rotatable bonds is 3. The van der Waals surface area contributed by atoms with Crippen LogP contribution in [0, 0.1) is 18.3 Å². The van der Waals surface area contributed by atoms with Crippen molar-refractivity contribution in [2.75, 3.05) is 0 Å². The molecule has 0 aliphatic heterocycles. The van der Waals surface area contributed by atoms with E-state index in [-0.39, 0.29) is 0 Å². The summed E-state index contributed by atoms with van der Waals surface area (Å²) in [6, 6.07) is 13.7. The van der Waals surface area contributed by atoms with Crippen LogP contribution in [0.2, 0.25) is 0 Å². The summed E-state index contributed by atoms with van der Waals surface area (Å²) in [5.41, 5.74) is 3.01. The fourth-order valence-electron chi connectivity index (χ4n) is 1.94. The van der Waals surface area contributed by atoms with Crippen LogP contribution in [0.3, 0.4) is 0 Å². The molecule has 2 heterocycles. The Balaban J connectivity index is 1.87. The van der Waals surface area contributed by atoms with Gasteiger partial charge >= 0.3 is 0 Å². The standard InChI is InChI=1S/C15H12N4O/c1-11-13(8-16)9-17-14-7-15(18-19(11)14)20-10-12-5-3-2-4-6-12/h2-7,9H,10H2,1H3. The van der Waals surface area contributed by atoms with Crippen molar-refractivity contribution in [1.82, 2.24) is 14.6 Å². The van der Waals surface area contributed by atoms with Gasteiger partial charge in [0.25, 0.3) is 0 Å². The zero-order valence-electron chi connectivity index (χ0n) is 10.9. The van der Waals surface area contributed by atoms with Gasteiger partial charge in [0.15, 0.2) is 5.65 Å². The Bertz CT molecular complexity index is 787. The SMILES string of the molecule is Cc1c(C#N)cnc2cc(OCc3ccccc3)nn12. The van der Waals surface area contributed by atoms with Crippen LogP contribution in [0.25, 0.3) is 5.65 Å². The minimum Gasteiger partial charge on any atom is -0.472 e. The van der Waals surface area contributed by atoms with Crippen LogP contribution >= 0.6 is 0 Å². The zero-order chi connectivity index (χ0) is 13.9. The van der Waals surface area contributed by atoms with Crippen molar-refractivity contribution in [1.29, 1.82) is 5.26 Å². The van der Waals surface area contributed by atoms with E-state index in [4.69, 9.17) is 10.00 Å². The van der Waals surface area contributed by atoms with Crippen LogP contribution in [-0.4, -0.2) is 14.6 Å². The van der Waals surface area contributed by atoms with Gasteiger partial charge in [-0.1, -0.05) is 30.3 Å². The first-order valence-electron chi connectivity index (χ1n) is 6.20. The van der Waals surface area contributed by atoms with Crippen molar-refractivity contribution in [3.63, 3.8) is 0 Å². The maximum atomic E-state index is 8.97. The van der Waals surface area contributed by atoms with Gasteiger partial charge in [0, 0.05) is 12.3 Å². The lowest BCUT2D eigenvalue weighted by Gasteiger charge is -2.02. The van der Waals surface area contributed by atoms with Crippen molar-refractivity contribution in [3.05, 3.63) is 59.4 Å². The third-order valence-electron chi connectivity index (χ3n) is 3.05. The van der Waals surface area contributed by atoms with E-state index < -0.39 is 0 Å². The molecule has 0 unspecified atom stereocenters. The van der Waals surface area contributed by atoms with E-state index in [1.54, 1.807) is 16.8 Å². The van der Waals surface area contributed by atoms with Crippen molar-refractivity contribution in [2.24, 2.45) is 0 Å². The van der Waals surface area contributed by atoms with Gasteiger partial charge in [-0.25, -0.2) is 9.50 Å². The predicted molar refractivity (Wildman–Crippen MR) is 73.2 cm³/mol. The van der Waals surface area contributed by atoms with Crippen LogP contribution < -0.4 is 4.74 Å². The highest BCUT2D eigenvalue weighted by molar-refractivity contribution is 5.46. The van der Waals surface area contributed by atoms with Gasteiger partial charge in [0.05, 0.1) is 11.3 Å². The molecule has 0 aliphatic carbocycles. The fraction of sp³-hybridized carbons (Fsp3) is 0.133. The second kappa shape index (κ2) is 5.02. The summed E-state index contributed by atoms with van der Waals surface area (Å²) >= 11 is 0. The molecular weight excluding hydrogens is 252 g/mol. The van der Waals surface area contributed by atoms with Gasteiger partial charge in [-0.3, -0.25) is 0 Å². The molecule has 0 saturated heterocycles. The van der Waals surface area contributed by atoms with E-state index in [1.807, 2.05) is 37.3 Å². The third-order valence-corrected chi connectivity index (χ3v) is 3.05. The van der Waals surface area contributed by atoms with Crippen molar-refractivity contribution in [2.45, 2.75) is 13.5 Å². The molecule has 3 rings (SSSR count). The summed E-state index contributed by atoms with van der Waals surface area (Å²) in [4.78, 5) is 4.19. The largest absolute Gasteiger partial charge is 0.472 e. The molecule has 2 aromatic heterocycles. The van der Waals surface area contributed by atoms with Crippen molar-refractivity contribution < 1.29 is 4.74 Å². The number of hydrogen-bond donors (Lipinski definition) is 0. The van der Waals surface area contributed by atoms with Gasteiger partial charge in [0.2, 0.25) is 5.88 Å². The topological polar surface area (TPSA) is 63.2 Å². The number of aromatic nitrogens is 3. The molecule has 0 spiro atoms. The highest BCUT2D eigenvalue weighted by Crippen LogP contribution is 2.16. The Morgan fingerprint density at radius 1 is 1.30 bits per heavy atom. The summed E-state index contributed by atoms with van der Waals surface area (Å²) in [7, 11) is 0. The maximum Gasteiger partial charge on any atom is 0.235 e. The molecule has 5 heteroatoms. The average Bonchev–Trinajstić information content (AvgIpc) is 2.91. The molecule has 5 nitrogen and oxygen atoms in total. The Labute approximate surface area is 116 Å². The summed E-state index contributed by atoms with van der Waals surface area (Å²) in [5.74, 6) is 0.500. The third kappa shape index (κ3) is 2.19. The van der Waals surface area contributed by atoms with E-state index in [9.17, 15) is 0 Å². The summed E-state index contributed by atoms with van der Waals surface area (Å²) in [6.45, 7) is 2.29. The highest BCUT2D eigenvalue weighted by Gasteiger charge is 2.09. The zero-order valence-corrected chi connectivity index (χ0v) is 10.9. The lowest BCUT2D eigenvalue weighted by Crippen LogP contribution is -2.00. The Morgan fingerprint density at radius 3 is 2.85 bits per heavy atom. The molecule has 3 aromatic rings. The molecular formula is C15H12N4O. The molecule has 0 saturated carbocycles. The molecule has 0 atom stereocenters. The number of nitrogens with zero attached hydrogens (tertiary/aromatic N) is 4. The highest BCUT2D eigenvalue weighted by atomic mass is 16.5. The Hall–Kier alpha value is -2.87. The predicted octanol–water partition coefficient (Wildman–Crippen LogP) is 2.49. The van der Waals surface area contributed by atoms with Crippen LogP contribution in [0.4, 0.5) is 0 Å². The molecule has 0 radical (unpaired) electrons. The van der Waals surface area contributed by atoms with E-state index in [0.717, 1.165) is 11.3 Å². The number of nitriles is 1. The molecule has 0 bridgehead atoms. The maximum absolute atomic E-state index is 8.97. The van der Waals surface area contributed by atoms with Gasteiger partial charge < -0.3 is 4.74 Å². The molecule has 0 amide bonds. The lowest BCUT2D eigenvalue weighted by molar-refractivity contribution is 0.292. The minimum atomic E-state index is 0.453. The number of ether oxygens (including phenoxy) is 1. The first-order chi connectivity index (χ1) is 9.78. The van der Waals surface area contributed by atoms with E-state index in [0.29, 0.717) is 23.7 Å². The first kappa shape index (κ1) is 12.2. The van der Waals surface area contributed by atoms with Gasteiger partial charge in [-0.15, -0.1) is 5.10 Å². The average molecular weight is 264 g/mol. The van der Waals surface area contributed by atoms with Crippen LogP contribution in [0.5, 0.6) is 5.88 Å². The number of benzene rings is 1. The fourth-order valence-corrected chi connectivity index (χ4v) is 1.94. The molecule has 0 aliphatic rings. The molecule has 0 fully saturated rings. The van der Waals surface area contributed by atoms with E-state index >= 15 is 0 Å². The second-order valence-electron chi connectivity index (χ2n) is 4.40. The normalized spacial score (nSPS) is 10.4. The first-order valence-corrected chi connectivity index (χ1v) is 6.20. The van der Waals surface area contributed by atoms with E-state index in [2.05, 4.69) is 16.2 Å². The van der Waals surface area contributed by atoms with Crippen molar-refractivity contribution >= 4 is 5.65 Å². The van der Waals surface area contributed by atoms with Gasteiger partial charge in [-0.05, 0) is 12.5 Å². The van der Waals surface area contributed by atoms with Crippen LogP contribution in [0.1, 0.15) is 16.8 Å². The molecule has 98 valence electrons. The van der Waals surface area contributed by atoms with Crippen LogP contribution in [0.15, 0.2) is 42.6 Å². The minimum absolute atomic E-state index is 0.453. The number of fused-ring (bicyclic) bond motifs is 1. The van der Waals surface area contributed by atoms with Crippen LogP contribution in [-0.2, 0) is 6.61 Å². The summed E-state index contributed by atoms with van der Waals surface area (Å²) in [5, 5.41) is 13.3. The van der Waals surface area contributed by atoms with Gasteiger partial charge in [0.1, 0.15) is 12.7 Å². The summed E-state index contributed by atoms with van der Waals surface area (Å²) in [6.07, 6.45) is 1.55.